The lowest BCUT2D eigenvalue weighted by Crippen LogP contribution is -1.99. The number of benzene rings is 2. The molecule has 3 nitrogen and oxygen atoms in total. The highest BCUT2D eigenvalue weighted by molar-refractivity contribution is 6.08. The number of carbonyl (C=O) groups is 1. The van der Waals surface area contributed by atoms with E-state index in [9.17, 15) is 4.79 Å². The van der Waals surface area contributed by atoms with Crippen LogP contribution in [0.25, 0.3) is 0 Å². The van der Waals surface area contributed by atoms with Crippen molar-refractivity contribution < 1.29 is 4.79 Å². The number of imidazole rings is 1. The Bertz CT molecular complexity index is 605. The summed E-state index contributed by atoms with van der Waals surface area (Å²) in [6, 6.07) is 18.6. The molecule has 0 atom stereocenters. The van der Waals surface area contributed by atoms with Gasteiger partial charge in [-0.25, -0.2) is 4.98 Å². The second-order valence-corrected chi connectivity index (χ2v) is 4.45. The molecule has 3 rings (SSSR count). The minimum atomic E-state index is 0.0752. The van der Waals surface area contributed by atoms with Crippen molar-refractivity contribution in [1.82, 2.24) is 9.55 Å². The van der Waals surface area contributed by atoms with Crippen LogP contribution in [0.15, 0.2) is 79.4 Å². The Kier molecular flexibility index (Phi) is 5.47. The molecule has 0 N–H and O–H groups in total. The third-order valence-corrected chi connectivity index (χ3v) is 3.00. The average molecular weight is 278 g/mol. The van der Waals surface area contributed by atoms with Crippen LogP contribution in [0.3, 0.4) is 0 Å². The molecule has 0 radical (unpaired) electrons. The molecule has 0 amide bonds. The fourth-order valence-corrected chi connectivity index (χ4v) is 1.82. The maximum atomic E-state index is 11.8. The maximum absolute atomic E-state index is 11.8. The van der Waals surface area contributed by atoms with Crippen molar-refractivity contribution in [3.05, 3.63) is 90.5 Å². The van der Waals surface area contributed by atoms with E-state index in [1.54, 1.807) is 12.5 Å². The standard InChI is InChI=1S/C13H10O.C5H8N2/c14-13(11-7-3-1-4-8-11)12-9-5-2-6-10-12;1-2-7-4-3-6-5-7/h1-10H;3-5H,2H2,1H3. The van der Waals surface area contributed by atoms with Gasteiger partial charge in [-0.05, 0) is 6.92 Å². The quantitative estimate of drug-likeness (QED) is 0.683. The summed E-state index contributed by atoms with van der Waals surface area (Å²) in [6.07, 6.45) is 5.53. The summed E-state index contributed by atoms with van der Waals surface area (Å²) >= 11 is 0. The van der Waals surface area contributed by atoms with Gasteiger partial charge in [0.05, 0.1) is 6.33 Å². The Balaban J connectivity index is 0.000000194. The Morgan fingerprint density at radius 1 is 0.952 bits per heavy atom. The molecule has 0 saturated heterocycles. The molecule has 0 fully saturated rings. The fraction of sp³-hybridized carbons (Fsp3) is 0.111. The molecular formula is C18H18N2O. The van der Waals surface area contributed by atoms with Gasteiger partial charge < -0.3 is 4.57 Å². The number of carbonyl (C=O) groups excluding carboxylic acids is 1. The van der Waals surface area contributed by atoms with Crippen molar-refractivity contribution in [3.8, 4) is 0 Å². The molecule has 0 aliphatic rings. The lowest BCUT2D eigenvalue weighted by Gasteiger charge is -1.99. The van der Waals surface area contributed by atoms with Crippen LogP contribution >= 0.6 is 0 Å². The van der Waals surface area contributed by atoms with E-state index >= 15 is 0 Å². The molecule has 21 heavy (non-hydrogen) atoms. The highest BCUT2D eigenvalue weighted by Gasteiger charge is 2.06. The van der Waals surface area contributed by atoms with E-state index in [4.69, 9.17) is 0 Å². The fourth-order valence-electron chi connectivity index (χ4n) is 1.82. The van der Waals surface area contributed by atoms with Crippen molar-refractivity contribution in [2.45, 2.75) is 13.5 Å². The van der Waals surface area contributed by atoms with Crippen molar-refractivity contribution >= 4 is 5.78 Å². The lowest BCUT2D eigenvalue weighted by molar-refractivity contribution is 0.103. The van der Waals surface area contributed by atoms with E-state index in [0.29, 0.717) is 0 Å². The molecule has 3 heteroatoms. The topological polar surface area (TPSA) is 34.9 Å². The van der Waals surface area contributed by atoms with E-state index in [2.05, 4.69) is 11.9 Å². The van der Waals surface area contributed by atoms with Gasteiger partial charge in [0.2, 0.25) is 0 Å². The van der Waals surface area contributed by atoms with E-state index < -0.39 is 0 Å². The summed E-state index contributed by atoms with van der Waals surface area (Å²) in [4.78, 5) is 15.7. The van der Waals surface area contributed by atoms with Crippen molar-refractivity contribution in [1.29, 1.82) is 0 Å². The highest BCUT2D eigenvalue weighted by atomic mass is 16.1. The summed E-state index contributed by atoms with van der Waals surface area (Å²) in [7, 11) is 0. The van der Waals surface area contributed by atoms with Crippen LogP contribution in [0.4, 0.5) is 0 Å². The first-order valence-corrected chi connectivity index (χ1v) is 6.91. The number of ketones is 1. The van der Waals surface area contributed by atoms with E-state index in [1.807, 2.05) is 71.4 Å². The molecule has 0 aliphatic carbocycles. The molecule has 3 aromatic rings. The molecule has 2 aromatic carbocycles. The summed E-state index contributed by atoms with van der Waals surface area (Å²) in [5.41, 5.74) is 1.47. The molecule has 0 spiro atoms. The number of rotatable bonds is 3. The van der Waals surface area contributed by atoms with Gasteiger partial charge in [0.25, 0.3) is 0 Å². The molecule has 0 aliphatic heterocycles. The average Bonchev–Trinajstić information content (AvgIpc) is 3.10. The molecule has 0 unspecified atom stereocenters. The van der Waals surface area contributed by atoms with Crippen molar-refractivity contribution in [2.75, 3.05) is 0 Å². The highest BCUT2D eigenvalue weighted by Crippen LogP contribution is 2.08. The Morgan fingerprint density at radius 3 is 1.81 bits per heavy atom. The van der Waals surface area contributed by atoms with Crippen molar-refractivity contribution in [2.24, 2.45) is 0 Å². The third-order valence-electron chi connectivity index (χ3n) is 3.00. The summed E-state index contributed by atoms with van der Waals surface area (Å²) in [6.45, 7) is 3.10. The first-order valence-electron chi connectivity index (χ1n) is 6.91. The zero-order chi connectivity index (χ0) is 14.9. The second kappa shape index (κ2) is 7.80. The van der Waals surface area contributed by atoms with Gasteiger partial charge in [0, 0.05) is 30.1 Å². The number of hydrogen-bond donors (Lipinski definition) is 0. The molecule has 1 heterocycles. The van der Waals surface area contributed by atoms with Gasteiger partial charge in [-0.15, -0.1) is 0 Å². The normalized spacial score (nSPS) is 9.57. The number of nitrogens with zero attached hydrogens (tertiary/aromatic N) is 2. The predicted octanol–water partition coefficient (Wildman–Crippen LogP) is 3.82. The van der Waals surface area contributed by atoms with E-state index in [-0.39, 0.29) is 5.78 Å². The summed E-state index contributed by atoms with van der Waals surface area (Å²) < 4.78 is 2.01. The second-order valence-electron chi connectivity index (χ2n) is 4.45. The maximum Gasteiger partial charge on any atom is 0.193 e. The van der Waals surface area contributed by atoms with Gasteiger partial charge in [0.15, 0.2) is 5.78 Å². The van der Waals surface area contributed by atoms with Crippen LogP contribution < -0.4 is 0 Å². The first-order chi connectivity index (χ1) is 10.3. The minimum Gasteiger partial charge on any atom is -0.338 e. The van der Waals surface area contributed by atoms with Crippen LogP contribution in [0.1, 0.15) is 22.8 Å². The molecular weight excluding hydrogens is 260 g/mol. The SMILES string of the molecule is CCn1ccnc1.O=C(c1ccccc1)c1ccccc1. The number of aromatic nitrogens is 2. The van der Waals surface area contributed by atoms with Gasteiger partial charge in [-0.2, -0.15) is 0 Å². The zero-order valence-electron chi connectivity index (χ0n) is 12.0. The molecule has 0 saturated carbocycles. The van der Waals surface area contributed by atoms with Gasteiger partial charge in [-0.3, -0.25) is 4.79 Å². The number of hydrogen-bond acceptors (Lipinski definition) is 2. The van der Waals surface area contributed by atoms with Gasteiger partial charge in [-0.1, -0.05) is 60.7 Å². The van der Waals surface area contributed by atoms with Gasteiger partial charge >= 0.3 is 0 Å². The monoisotopic (exact) mass is 278 g/mol. The summed E-state index contributed by atoms with van der Waals surface area (Å²) in [5.74, 6) is 0.0752. The van der Waals surface area contributed by atoms with Crippen LogP contribution in [0.2, 0.25) is 0 Å². The van der Waals surface area contributed by atoms with Crippen LogP contribution in [-0.4, -0.2) is 15.3 Å². The predicted molar refractivity (Wildman–Crippen MR) is 84.2 cm³/mol. The Hall–Kier alpha value is -2.68. The Morgan fingerprint density at radius 2 is 1.48 bits per heavy atom. The Labute approximate surface area is 124 Å². The van der Waals surface area contributed by atoms with E-state index in [1.165, 1.54) is 0 Å². The summed E-state index contributed by atoms with van der Waals surface area (Å²) in [5, 5.41) is 0. The van der Waals surface area contributed by atoms with Crippen LogP contribution in [0, 0.1) is 0 Å². The number of aryl methyl sites for hydroxylation is 1. The van der Waals surface area contributed by atoms with Crippen LogP contribution in [0.5, 0.6) is 0 Å². The molecule has 0 bridgehead atoms. The smallest absolute Gasteiger partial charge is 0.193 e. The van der Waals surface area contributed by atoms with Gasteiger partial charge in [0.1, 0.15) is 0 Å². The van der Waals surface area contributed by atoms with E-state index in [0.717, 1.165) is 17.7 Å². The minimum absolute atomic E-state index is 0.0752. The molecule has 1 aromatic heterocycles. The van der Waals surface area contributed by atoms with Crippen LogP contribution in [-0.2, 0) is 6.54 Å². The molecule has 106 valence electrons. The first kappa shape index (κ1) is 14.7. The zero-order valence-corrected chi connectivity index (χ0v) is 12.0. The third kappa shape index (κ3) is 4.42. The van der Waals surface area contributed by atoms with Crippen molar-refractivity contribution in [3.63, 3.8) is 0 Å². The largest absolute Gasteiger partial charge is 0.338 e. The lowest BCUT2D eigenvalue weighted by atomic mass is 10.0.